The average Bonchev–Trinajstić information content (AvgIpc) is 2.84. The Balaban J connectivity index is 1.45. The SMILES string of the molecule is O=c1c(-c2ccc3ccccc3n2)coc2cc(O[C@@H]3O[C@@H](CO)[C@H](O)[C@@H](O)[C@@H]3O)ccc12. The largest absolute Gasteiger partial charge is 0.463 e. The molecule has 2 aromatic heterocycles. The van der Waals surface area contributed by atoms with Gasteiger partial charge in [0, 0.05) is 11.5 Å². The molecule has 1 fully saturated rings. The fraction of sp³-hybridized carbons (Fsp3) is 0.250. The minimum atomic E-state index is -1.56. The molecule has 4 aromatic rings. The van der Waals surface area contributed by atoms with Crippen molar-refractivity contribution in [2.45, 2.75) is 30.7 Å². The summed E-state index contributed by atoms with van der Waals surface area (Å²) >= 11 is 0. The zero-order valence-electron chi connectivity index (χ0n) is 17.2. The summed E-state index contributed by atoms with van der Waals surface area (Å²) in [5.74, 6) is 0.201. The molecule has 0 saturated carbocycles. The van der Waals surface area contributed by atoms with Crippen molar-refractivity contribution in [3.05, 3.63) is 71.1 Å². The second kappa shape index (κ2) is 8.54. The van der Waals surface area contributed by atoms with E-state index in [0.29, 0.717) is 16.6 Å². The third kappa shape index (κ3) is 3.86. The molecule has 0 radical (unpaired) electrons. The van der Waals surface area contributed by atoms with Crippen LogP contribution in [0.2, 0.25) is 0 Å². The summed E-state index contributed by atoms with van der Waals surface area (Å²) in [6.45, 7) is -0.566. The van der Waals surface area contributed by atoms with Crippen LogP contribution in [0.5, 0.6) is 5.75 Å². The fourth-order valence-electron chi connectivity index (χ4n) is 3.87. The van der Waals surface area contributed by atoms with E-state index in [1.54, 1.807) is 6.07 Å². The van der Waals surface area contributed by atoms with Crippen LogP contribution in [0, 0.1) is 0 Å². The topological polar surface area (TPSA) is 142 Å². The maximum absolute atomic E-state index is 13.1. The molecule has 0 amide bonds. The molecule has 5 atom stereocenters. The summed E-state index contributed by atoms with van der Waals surface area (Å²) in [7, 11) is 0. The van der Waals surface area contributed by atoms with Gasteiger partial charge in [0.05, 0.1) is 28.8 Å². The predicted octanol–water partition coefficient (Wildman–Crippen LogP) is 1.19. The third-order valence-electron chi connectivity index (χ3n) is 5.72. The van der Waals surface area contributed by atoms with Crippen molar-refractivity contribution in [1.82, 2.24) is 4.98 Å². The lowest BCUT2D eigenvalue weighted by Crippen LogP contribution is -2.60. The van der Waals surface area contributed by atoms with Crippen molar-refractivity contribution in [1.29, 1.82) is 0 Å². The van der Waals surface area contributed by atoms with Crippen molar-refractivity contribution in [3.63, 3.8) is 0 Å². The van der Waals surface area contributed by atoms with Crippen LogP contribution in [0.25, 0.3) is 33.1 Å². The number of ether oxygens (including phenoxy) is 2. The Kier molecular flexibility index (Phi) is 5.57. The minimum Gasteiger partial charge on any atom is -0.463 e. The molecule has 0 bridgehead atoms. The van der Waals surface area contributed by atoms with Gasteiger partial charge in [0.1, 0.15) is 42.0 Å². The van der Waals surface area contributed by atoms with Crippen LogP contribution in [0.15, 0.2) is 70.1 Å². The number of hydrogen-bond donors (Lipinski definition) is 4. The first-order valence-corrected chi connectivity index (χ1v) is 10.3. The first-order chi connectivity index (χ1) is 16.0. The lowest BCUT2D eigenvalue weighted by atomic mass is 9.99. The Labute approximate surface area is 187 Å². The van der Waals surface area contributed by atoms with Crippen molar-refractivity contribution in [2.24, 2.45) is 0 Å². The monoisotopic (exact) mass is 451 g/mol. The van der Waals surface area contributed by atoms with E-state index in [2.05, 4.69) is 4.98 Å². The first-order valence-electron chi connectivity index (χ1n) is 10.3. The van der Waals surface area contributed by atoms with Gasteiger partial charge < -0.3 is 34.3 Å². The highest BCUT2D eigenvalue weighted by atomic mass is 16.7. The zero-order valence-corrected chi connectivity index (χ0v) is 17.2. The molecule has 0 unspecified atom stereocenters. The molecule has 0 spiro atoms. The normalized spacial score (nSPS) is 25.4. The molecule has 3 heterocycles. The number of pyridine rings is 1. The zero-order chi connectivity index (χ0) is 23.1. The van der Waals surface area contributed by atoms with Gasteiger partial charge in [0.25, 0.3) is 0 Å². The summed E-state index contributed by atoms with van der Waals surface area (Å²) in [5.41, 5.74) is 1.55. The third-order valence-corrected chi connectivity index (χ3v) is 5.72. The maximum atomic E-state index is 13.1. The van der Waals surface area contributed by atoms with Crippen molar-refractivity contribution < 1.29 is 34.3 Å². The average molecular weight is 451 g/mol. The number of aliphatic hydroxyl groups is 4. The van der Waals surface area contributed by atoms with E-state index >= 15 is 0 Å². The number of nitrogens with zero attached hydrogens (tertiary/aromatic N) is 1. The molecule has 1 saturated heterocycles. The summed E-state index contributed by atoms with van der Waals surface area (Å²) in [6, 6.07) is 15.7. The van der Waals surface area contributed by atoms with Gasteiger partial charge in [0.15, 0.2) is 0 Å². The number of fused-ring (bicyclic) bond motifs is 2. The van der Waals surface area contributed by atoms with E-state index in [4.69, 9.17) is 13.9 Å². The van der Waals surface area contributed by atoms with Gasteiger partial charge in [-0.05, 0) is 24.3 Å². The van der Waals surface area contributed by atoms with Gasteiger partial charge in [-0.15, -0.1) is 0 Å². The summed E-state index contributed by atoms with van der Waals surface area (Å²) in [4.78, 5) is 17.6. The second-order valence-corrected chi connectivity index (χ2v) is 7.84. The van der Waals surface area contributed by atoms with Crippen LogP contribution in [0.4, 0.5) is 0 Å². The van der Waals surface area contributed by atoms with E-state index in [1.165, 1.54) is 24.5 Å². The Morgan fingerprint density at radius 2 is 1.79 bits per heavy atom. The van der Waals surface area contributed by atoms with Gasteiger partial charge in [-0.3, -0.25) is 4.79 Å². The van der Waals surface area contributed by atoms with E-state index in [9.17, 15) is 25.2 Å². The molecular weight excluding hydrogens is 430 g/mol. The van der Waals surface area contributed by atoms with Crippen molar-refractivity contribution in [2.75, 3.05) is 6.61 Å². The number of benzene rings is 2. The standard InChI is InChI=1S/C24H21NO8/c26-10-19-21(28)22(29)23(30)24(33-19)32-13-6-7-14-18(9-13)31-11-15(20(14)27)17-8-5-12-3-1-2-4-16(12)25-17/h1-9,11,19,21-24,26,28-30H,10H2/t19-,21-,22+,23-,24+/m0/s1. The van der Waals surface area contributed by atoms with Crippen LogP contribution in [0.1, 0.15) is 0 Å². The van der Waals surface area contributed by atoms with Crippen LogP contribution >= 0.6 is 0 Å². The lowest BCUT2D eigenvalue weighted by Gasteiger charge is -2.39. The molecule has 0 aliphatic carbocycles. The molecule has 33 heavy (non-hydrogen) atoms. The highest BCUT2D eigenvalue weighted by molar-refractivity contribution is 5.85. The lowest BCUT2D eigenvalue weighted by molar-refractivity contribution is -0.277. The number of aliphatic hydroxyl groups excluding tert-OH is 4. The Bertz CT molecular complexity index is 1370. The summed E-state index contributed by atoms with van der Waals surface area (Å²) in [6.07, 6.45) is -5.70. The van der Waals surface area contributed by atoms with Gasteiger partial charge in [-0.25, -0.2) is 4.98 Å². The number of hydrogen-bond acceptors (Lipinski definition) is 9. The molecule has 9 nitrogen and oxygen atoms in total. The highest BCUT2D eigenvalue weighted by Crippen LogP contribution is 2.27. The van der Waals surface area contributed by atoms with E-state index in [0.717, 1.165) is 10.9 Å². The Morgan fingerprint density at radius 1 is 0.970 bits per heavy atom. The quantitative estimate of drug-likeness (QED) is 0.360. The van der Waals surface area contributed by atoms with Gasteiger partial charge in [0.2, 0.25) is 11.7 Å². The first kappa shape index (κ1) is 21.5. The molecule has 5 rings (SSSR count). The highest BCUT2D eigenvalue weighted by Gasteiger charge is 2.44. The van der Waals surface area contributed by atoms with E-state index < -0.39 is 37.3 Å². The fourth-order valence-corrected chi connectivity index (χ4v) is 3.87. The second-order valence-electron chi connectivity index (χ2n) is 7.84. The molecule has 9 heteroatoms. The summed E-state index contributed by atoms with van der Waals surface area (Å²) in [5, 5.41) is 40.5. The van der Waals surface area contributed by atoms with E-state index in [1.807, 2.05) is 30.3 Å². The molecule has 170 valence electrons. The van der Waals surface area contributed by atoms with Crippen LogP contribution < -0.4 is 10.2 Å². The minimum absolute atomic E-state index is 0.201. The number of aromatic nitrogens is 1. The Hall–Kier alpha value is -3.34. The van der Waals surface area contributed by atoms with Gasteiger partial charge in [-0.1, -0.05) is 24.3 Å². The van der Waals surface area contributed by atoms with Crippen molar-refractivity contribution >= 4 is 21.9 Å². The number of rotatable bonds is 4. The maximum Gasteiger partial charge on any atom is 0.229 e. The smallest absolute Gasteiger partial charge is 0.229 e. The molecule has 1 aliphatic heterocycles. The van der Waals surface area contributed by atoms with Crippen molar-refractivity contribution in [3.8, 4) is 17.0 Å². The molecule has 4 N–H and O–H groups in total. The van der Waals surface area contributed by atoms with Crippen LogP contribution in [0.3, 0.4) is 0 Å². The summed E-state index contributed by atoms with van der Waals surface area (Å²) < 4.78 is 16.6. The van der Waals surface area contributed by atoms with Crippen LogP contribution in [-0.4, -0.2) is 62.7 Å². The Morgan fingerprint density at radius 3 is 2.61 bits per heavy atom. The van der Waals surface area contributed by atoms with Crippen LogP contribution in [-0.2, 0) is 4.74 Å². The number of para-hydroxylation sites is 1. The molecule has 1 aliphatic rings. The molecule has 2 aromatic carbocycles. The molecular formula is C24H21NO8. The van der Waals surface area contributed by atoms with Gasteiger partial charge in [-0.2, -0.15) is 0 Å². The van der Waals surface area contributed by atoms with E-state index in [-0.39, 0.29) is 16.8 Å². The van der Waals surface area contributed by atoms with Gasteiger partial charge >= 0.3 is 0 Å². The predicted molar refractivity (Wildman–Crippen MR) is 118 cm³/mol.